The summed E-state index contributed by atoms with van der Waals surface area (Å²) in [4.78, 5) is 38.4. The van der Waals surface area contributed by atoms with Crippen molar-refractivity contribution in [3.63, 3.8) is 0 Å². The summed E-state index contributed by atoms with van der Waals surface area (Å²) in [5.41, 5.74) is 0. The van der Waals surface area contributed by atoms with Gasteiger partial charge in [-0.1, -0.05) is 300 Å². The van der Waals surface area contributed by atoms with E-state index in [1.165, 1.54) is 250 Å². The Balaban J connectivity index is 4.24. The Kier molecular flexibility index (Phi) is 65.1. The summed E-state index contributed by atoms with van der Waals surface area (Å²) in [5.74, 6) is -0.869. The normalized spacial score (nSPS) is 12.4. The molecule has 0 bridgehead atoms. The SMILES string of the molecule is CCCCCCC/C=C\C/C=C\C/C=C\CCCCCCCCCCCCCCCCC(=O)OCC(COC(=O)CCCCCCC/C=C\CCCCCCC)OC(=O)CCCCCCCCC/C=C\CCCCCCCCC. The van der Waals surface area contributed by atoms with E-state index in [-0.39, 0.29) is 31.1 Å². The zero-order chi connectivity index (χ0) is 57.1. The number of carbonyl (C=O) groups is 3. The number of esters is 3. The van der Waals surface area contributed by atoms with Crippen LogP contribution in [0.3, 0.4) is 0 Å². The first-order valence-corrected chi connectivity index (χ1v) is 34.8. The van der Waals surface area contributed by atoms with Gasteiger partial charge in [-0.15, -0.1) is 0 Å². The fraction of sp³-hybridized carbons (Fsp3) is 0.822. The van der Waals surface area contributed by atoms with Crippen LogP contribution in [-0.4, -0.2) is 37.2 Å². The molecule has 0 saturated heterocycles. The van der Waals surface area contributed by atoms with Gasteiger partial charge in [-0.05, 0) is 109 Å². The summed E-state index contributed by atoms with van der Waals surface area (Å²) < 4.78 is 17.0. The van der Waals surface area contributed by atoms with Crippen LogP contribution in [0, 0.1) is 0 Å². The maximum Gasteiger partial charge on any atom is 0.306 e. The van der Waals surface area contributed by atoms with Crippen LogP contribution in [0.1, 0.15) is 367 Å². The molecule has 0 radical (unpaired) electrons. The largest absolute Gasteiger partial charge is 0.462 e. The first-order valence-electron chi connectivity index (χ1n) is 34.8. The van der Waals surface area contributed by atoms with Crippen LogP contribution in [0.25, 0.3) is 0 Å². The maximum absolute atomic E-state index is 12.9. The summed E-state index contributed by atoms with van der Waals surface area (Å²) in [6, 6.07) is 0. The third-order valence-electron chi connectivity index (χ3n) is 15.5. The number of unbranched alkanes of at least 4 members (excludes halogenated alkanes) is 43. The predicted molar refractivity (Wildman–Crippen MR) is 344 cm³/mol. The van der Waals surface area contributed by atoms with Gasteiger partial charge in [0.05, 0.1) is 0 Å². The smallest absolute Gasteiger partial charge is 0.306 e. The van der Waals surface area contributed by atoms with Crippen LogP contribution >= 0.6 is 0 Å². The highest BCUT2D eigenvalue weighted by atomic mass is 16.6. The minimum atomic E-state index is -0.780. The Hall–Kier alpha value is -2.89. The quantitative estimate of drug-likeness (QED) is 0.0261. The van der Waals surface area contributed by atoms with E-state index in [0.29, 0.717) is 19.3 Å². The fourth-order valence-electron chi connectivity index (χ4n) is 10.2. The van der Waals surface area contributed by atoms with E-state index in [0.717, 1.165) is 77.0 Å². The molecule has 0 aliphatic carbocycles. The van der Waals surface area contributed by atoms with Gasteiger partial charge in [0.2, 0.25) is 0 Å². The molecule has 1 atom stereocenters. The van der Waals surface area contributed by atoms with Crippen LogP contribution in [0.15, 0.2) is 60.8 Å². The van der Waals surface area contributed by atoms with Crippen LogP contribution in [0.2, 0.25) is 0 Å². The minimum absolute atomic E-state index is 0.0760. The highest BCUT2D eigenvalue weighted by Crippen LogP contribution is 2.17. The Morgan fingerprint density at radius 3 is 0.722 bits per heavy atom. The maximum atomic E-state index is 12.9. The monoisotopic (exact) mass is 1110 g/mol. The predicted octanol–water partition coefficient (Wildman–Crippen LogP) is 23.9. The van der Waals surface area contributed by atoms with Crippen molar-refractivity contribution in [2.45, 2.75) is 374 Å². The van der Waals surface area contributed by atoms with Gasteiger partial charge in [0.15, 0.2) is 6.10 Å². The van der Waals surface area contributed by atoms with Gasteiger partial charge in [0, 0.05) is 19.3 Å². The first kappa shape index (κ1) is 76.1. The Labute approximate surface area is 491 Å². The van der Waals surface area contributed by atoms with Gasteiger partial charge >= 0.3 is 17.9 Å². The summed E-state index contributed by atoms with van der Waals surface area (Å²) >= 11 is 0. The third-order valence-corrected chi connectivity index (χ3v) is 15.5. The minimum Gasteiger partial charge on any atom is -0.462 e. The number of hydrogen-bond acceptors (Lipinski definition) is 6. The molecule has 460 valence electrons. The van der Waals surface area contributed by atoms with Crippen molar-refractivity contribution in [1.82, 2.24) is 0 Å². The standard InChI is InChI=1S/C73H132O6/c1-4-7-10-13-16-19-22-25-28-30-32-33-34-35-36-37-38-39-40-41-42-44-45-48-51-54-57-60-63-66-72(75)78-69-70(68-77-71(74)65-62-59-56-53-50-47-27-24-21-18-15-12-9-6-3)79-73(76)67-64-61-58-55-52-49-46-43-31-29-26-23-20-17-14-11-8-5-2/h22,24-25,27,29-32,34-35,70H,4-21,23,26,28,33,36-69H2,1-3H3/b25-22-,27-24-,31-29-,32-30-,35-34-. The molecule has 0 saturated carbocycles. The second kappa shape index (κ2) is 67.6. The van der Waals surface area contributed by atoms with Crippen molar-refractivity contribution < 1.29 is 28.6 Å². The molecule has 0 aliphatic heterocycles. The number of hydrogen-bond donors (Lipinski definition) is 0. The van der Waals surface area contributed by atoms with Crippen molar-refractivity contribution >= 4 is 17.9 Å². The molecule has 0 aromatic rings. The Bertz CT molecular complexity index is 1410. The second-order valence-electron chi connectivity index (χ2n) is 23.4. The highest BCUT2D eigenvalue weighted by molar-refractivity contribution is 5.71. The van der Waals surface area contributed by atoms with Crippen LogP contribution in [0.5, 0.6) is 0 Å². The van der Waals surface area contributed by atoms with Gasteiger partial charge in [0.25, 0.3) is 0 Å². The Morgan fingerprint density at radius 1 is 0.253 bits per heavy atom. The lowest BCUT2D eigenvalue weighted by molar-refractivity contribution is -0.167. The molecular weight excluding hydrogens is 973 g/mol. The van der Waals surface area contributed by atoms with Gasteiger partial charge in [-0.25, -0.2) is 0 Å². The molecule has 79 heavy (non-hydrogen) atoms. The van der Waals surface area contributed by atoms with Crippen molar-refractivity contribution in [2.24, 2.45) is 0 Å². The van der Waals surface area contributed by atoms with Gasteiger partial charge in [0.1, 0.15) is 13.2 Å². The van der Waals surface area contributed by atoms with E-state index in [1.54, 1.807) is 0 Å². The number of ether oxygens (including phenoxy) is 3. The van der Waals surface area contributed by atoms with Gasteiger partial charge in [-0.2, -0.15) is 0 Å². The van der Waals surface area contributed by atoms with E-state index in [2.05, 4.69) is 81.5 Å². The van der Waals surface area contributed by atoms with E-state index >= 15 is 0 Å². The summed E-state index contributed by atoms with van der Waals surface area (Å²) in [6.45, 7) is 6.66. The topological polar surface area (TPSA) is 78.9 Å². The van der Waals surface area contributed by atoms with Crippen molar-refractivity contribution in [1.29, 1.82) is 0 Å². The van der Waals surface area contributed by atoms with E-state index in [1.807, 2.05) is 0 Å². The Morgan fingerprint density at radius 2 is 0.456 bits per heavy atom. The third kappa shape index (κ3) is 65.8. The molecule has 1 unspecified atom stereocenters. The molecule has 0 spiro atoms. The van der Waals surface area contributed by atoms with Crippen LogP contribution < -0.4 is 0 Å². The average Bonchev–Trinajstić information content (AvgIpc) is 3.45. The lowest BCUT2D eigenvalue weighted by atomic mass is 10.0. The molecule has 6 nitrogen and oxygen atoms in total. The molecular formula is C73H132O6. The van der Waals surface area contributed by atoms with E-state index < -0.39 is 6.10 Å². The zero-order valence-corrected chi connectivity index (χ0v) is 52.9. The van der Waals surface area contributed by atoms with Crippen molar-refractivity contribution in [2.75, 3.05) is 13.2 Å². The highest BCUT2D eigenvalue weighted by Gasteiger charge is 2.19. The lowest BCUT2D eigenvalue weighted by Crippen LogP contribution is -2.30. The molecule has 6 heteroatoms. The molecule has 0 heterocycles. The average molecular weight is 1110 g/mol. The van der Waals surface area contributed by atoms with Gasteiger partial charge < -0.3 is 14.2 Å². The molecule has 0 aromatic heterocycles. The first-order chi connectivity index (χ1) is 39.0. The molecule has 0 rings (SSSR count). The number of carbonyl (C=O) groups excluding carboxylic acids is 3. The van der Waals surface area contributed by atoms with Crippen LogP contribution in [0.4, 0.5) is 0 Å². The zero-order valence-electron chi connectivity index (χ0n) is 52.9. The van der Waals surface area contributed by atoms with E-state index in [4.69, 9.17) is 14.2 Å². The molecule has 0 aliphatic rings. The second-order valence-corrected chi connectivity index (χ2v) is 23.4. The van der Waals surface area contributed by atoms with Crippen molar-refractivity contribution in [3.8, 4) is 0 Å². The van der Waals surface area contributed by atoms with E-state index in [9.17, 15) is 14.4 Å². The van der Waals surface area contributed by atoms with Gasteiger partial charge in [-0.3, -0.25) is 14.4 Å². The number of rotatable bonds is 64. The summed E-state index contributed by atoms with van der Waals surface area (Å²) in [7, 11) is 0. The summed E-state index contributed by atoms with van der Waals surface area (Å²) in [6.07, 6.45) is 86.7. The molecule has 0 aromatic carbocycles. The van der Waals surface area contributed by atoms with Crippen molar-refractivity contribution in [3.05, 3.63) is 60.8 Å². The molecule has 0 N–H and O–H groups in total. The molecule has 0 fully saturated rings. The number of allylic oxidation sites excluding steroid dienone is 10. The lowest BCUT2D eigenvalue weighted by Gasteiger charge is -2.18. The fourth-order valence-corrected chi connectivity index (χ4v) is 10.2. The van der Waals surface area contributed by atoms with Crippen LogP contribution in [-0.2, 0) is 28.6 Å². The molecule has 0 amide bonds. The summed E-state index contributed by atoms with van der Waals surface area (Å²) in [5, 5.41) is 0.